The number of para-hydroxylation sites is 2. The van der Waals surface area contributed by atoms with E-state index in [2.05, 4.69) is 10.6 Å². The largest absolute Gasteiger partial charge is 0.388 e. The van der Waals surface area contributed by atoms with Gasteiger partial charge in [0.25, 0.3) is 0 Å². The maximum atomic E-state index is 13.0. The van der Waals surface area contributed by atoms with E-state index in [9.17, 15) is 4.79 Å². The van der Waals surface area contributed by atoms with Crippen molar-refractivity contribution < 1.29 is 4.79 Å². The number of benzene rings is 2. The summed E-state index contributed by atoms with van der Waals surface area (Å²) < 4.78 is 0. The second-order valence-corrected chi connectivity index (χ2v) is 6.20. The molecule has 0 spiro atoms. The minimum Gasteiger partial charge on any atom is -0.388 e. The van der Waals surface area contributed by atoms with Crippen LogP contribution in [-0.4, -0.2) is 19.9 Å². The van der Waals surface area contributed by atoms with Gasteiger partial charge in [0, 0.05) is 36.6 Å². The quantitative estimate of drug-likeness (QED) is 0.775. The summed E-state index contributed by atoms with van der Waals surface area (Å²) in [4.78, 5) is 13.0. The fourth-order valence-electron chi connectivity index (χ4n) is 3.25. The molecule has 0 atom stereocenters. The monoisotopic (exact) mass is 332 g/mol. The first kappa shape index (κ1) is 17.0. The molecule has 0 aromatic heterocycles. The van der Waals surface area contributed by atoms with Gasteiger partial charge in [0.15, 0.2) is 5.78 Å². The molecule has 0 radical (unpaired) electrons. The summed E-state index contributed by atoms with van der Waals surface area (Å²) in [6.45, 7) is 0. The minimum absolute atomic E-state index is 0.170. The van der Waals surface area contributed by atoms with E-state index in [1.165, 1.54) is 0 Å². The third-order valence-corrected chi connectivity index (χ3v) is 4.60. The van der Waals surface area contributed by atoms with E-state index in [0.717, 1.165) is 52.9 Å². The van der Waals surface area contributed by atoms with E-state index in [1.54, 1.807) is 0 Å². The fraction of sp³-hybridized carbons (Fsp3) is 0.227. The standard InChI is InChI=1S/C22H24N2O/c1-23-20-12-5-3-8-16(20)14-18-10-7-11-19(22(18)25)15-17-9-4-6-13-21(17)24-2/h3-6,8-9,12-15,23-24H,7,10-11H2,1-2H3/b18-14+,19-15+. The van der Waals surface area contributed by atoms with E-state index in [1.807, 2.05) is 74.8 Å². The second kappa shape index (κ2) is 7.84. The molecule has 0 heterocycles. The fourth-order valence-corrected chi connectivity index (χ4v) is 3.25. The molecule has 3 heteroatoms. The molecule has 25 heavy (non-hydrogen) atoms. The van der Waals surface area contributed by atoms with Crippen LogP contribution < -0.4 is 10.6 Å². The number of rotatable bonds is 4. The highest BCUT2D eigenvalue weighted by Crippen LogP contribution is 2.30. The number of carbonyl (C=O) groups is 1. The first-order chi connectivity index (χ1) is 12.2. The third-order valence-electron chi connectivity index (χ3n) is 4.60. The molecule has 2 N–H and O–H groups in total. The Balaban J connectivity index is 1.93. The van der Waals surface area contributed by atoms with Gasteiger partial charge in [-0.15, -0.1) is 0 Å². The number of hydrogen-bond donors (Lipinski definition) is 2. The second-order valence-electron chi connectivity index (χ2n) is 6.20. The minimum atomic E-state index is 0.170. The van der Waals surface area contributed by atoms with Crippen LogP contribution in [0.5, 0.6) is 0 Å². The summed E-state index contributed by atoms with van der Waals surface area (Å²) >= 11 is 0. The molecular formula is C22H24N2O. The molecule has 3 rings (SSSR count). The first-order valence-corrected chi connectivity index (χ1v) is 8.72. The van der Waals surface area contributed by atoms with Gasteiger partial charge in [-0.25, -0.2) is 0 Å². The highest BCUT2D eigenvalue weighted by molar-refractivity contribution is 6.14. The number of nitrogens with one attached hydrogen (secondary N) is 2. The molecule has 2 aromatic carbocycles. The van der Waals surface area contributed by atoms with Crippen LogP contribution in [0, 0.1) is 0 Å². The van der Waals surface area contributed by atoms with Crippen molar-refractivity contribution in [1.29, 1.82) is 0 Å². The van der Waals surface area contributed by atoms with E-state index in [0.29, 0.717) is 0 Å². The van der Waals surface area contributed by atoms with Gasteiger partial charge in [0.2, 0.25) is 0 Å². The topological polar surface area (TPSA) is 41.1 Å². The summed E-state index contributed by atoms with van der Waals surface area (Å²) in [6.07, 6.45) is 6.74. The van der Waals surface area contributed by atoms with Crippen molar-refractivity contribution in [2.45, 2.75) is 19.3 Å². The van der Waals surface area contributed by atoms with E-state index in [4.69, 9.17) is 0 Å². The smallest absolute Gasteiger partial charge is 0.185 e. The summed E-state index contributed by atoms with van der Waals surface area (Å²) in [5.74, 6) is 0.170. The zero-order valence-electron chi connectivity index (χ0n) is 14.8. The van der Waals surface area contributed by atoms with Gasteiger partial charge in [-0.3, -0.25) is 4.79 Å². The van der Waals surface area contributed by atoms with Crippen molar-refractivity contribution in [1.82, 2.24) is 0 Å². The van der Waals surface area contributed by atoms with Gasteiger partial charge in [-0.05, 0) is 54.7 Å². The predicted molar refractivity (Wildman–Crippen MR) is 107 cm³/mol. The maximum absolute atomic E-state index is 13.0. The molecular weight excluding hydrogens is 308 g/mol. The summed E-state index contributed by atoms with van der Waals surface area (Å²) in [5, 5.41) is 6.37. The molecule has 0 amide bonds. The van der Waals surface area contributed by atoms with Gasteiger partial charge in [-0.2, -0.15) is 0 Å². The lowest BCUT2D eigenvalue weighted by molar-refractivity contribution is -0.112. The van der Waals surface area contributed by atoms with E-state index >= 15 is 0 Å². The van der Waals surface area contributed by atoms with Crippen molar-refractivity contribution >= 4 is 29.3 Å². The van der Waals surface area contributed by atoms with Crippen LogP contribution in [0.2, 0.25) is 0 Å². The summed E-state index contributed by atoms with van der Waals surface area (Å²) in [5.41, 5.74) is 5.98. The lowest BCUT2D eigenvalue weighted by Crippen LogP contribution is -2.12. The lowest BCUT2D eigenvalue weighted by Gasteiger charge is -2.18. The molecule has 3 nitrogen and oxygen atoms in total. The molecule has 0 bridgehead atoms. The molecule has 1 fully saturated rings. The van der Waals surface area contributed by atoms with Gasteiger partial charge < -0.3 is 10.6 Å². The van der Waals surface area contributed by atoms with Crippen LogP contribution in [0.1, 0.15) is 30.4 Å². The van der Waals surface area contributed by atoms with Crippen molar-refractivity contribution in [3.05, 3.63) is 70.8 Å². The Bertz CT molecular complexity index is 766. The molecule has 1 saturated carbocycles. The van der Waals surface area contributed by atoms with Crippen LogP contribution in [0.25, 0.3) is 12.2 Å². The van der Waals surface area contributed by atoms with Gasteiger partial charge >= 0.3 is 0 Å². The van der Waals surface area contributed by atoms with E-state index in [-0.39, 0.29) is 5.78 Å². The first-order valence-electron chi connectivity index (χ1n) is 8.72. The molecule has 1 aliphatic carbocycles. The summed E-state index contributed by atoms with van der Waals surface area (Å²) in [6, 6.07) is 16.1. The molecule has 0 aliphatic heterocycles. The average molecular weight is 332 g/mol. The zero-order valence-corrected chi connectivity index (χ0v) is 14.8. The Morgan fingerprint density at radius 3 is 1.64 bits per heavy atom. The van der Waals surface area contributed by atoms with Crippen molar-refractivity contribution in [3.63, 3.8) is 0 Å². The van der Waals surface area contributed by atoms with Crippen molar-refractivity contribution in [2.24, 2.45) is 0 Å². The Labute approximate surface area is 149 Å². The number of anilines is 2. The van der Waals surface area contributed by atoms with Gasteiger partial charge in [0.05, 0.1) is 0 Å². The van der Waals surface area contributed by atoms with E-state index < -0.39 is 0 Å². The van der Waals surface area contributed by atoms with Crippen LogP contribution in [0.3, 0.4) is 0 Å². The number of carbonyl (C=O) groups excluding carboxylic acids is 1. The molecule has 0 saturated heterocycles. The highest BCUT2D eigenvalue weighted by Gasteiger charge is 2.21. The Morgan fingerprint density at radius 1 is 0.760 bits per heavy atom. The normalized spacial score (nSPS) is 17.8. The lowest BCUT2D eigenvalue weighted by atomic mass is 9.86. The average Bonchev–Trinajstić information content (AvgIpc) is 2.66. The molecule has 0 unspecified atom stereocenters. The van der Waals surface area contributed by atoms with Crippen LogP contribution >= 0.6 is 0 Å². The SMILES string of the molecule is CNc1ccccc1/C=C1\CCC/C(=C\c2ccccc2NC)C1=O. The highest BCUT2D eigenvalue weighted by atomic mass is 16.1. The predicted octanol–water partition coefficient (Wildman–Crippen LogP) is 4.99. The third kappa shape index (κ3) is 3.82. The van der Waals surface area contributed by atoms with Gasteiger partial charge in [0.1, 0.15) is 0 Å². The number of allylic oxidation sites excluding steroid dienone is 2. The number of ketones is 1. The van der Waals surface area contributed by atoms with Crippen LogP contribution in [0.4, 0.5) is 11.4 Å². The Hall–Kier alpha value is -2.81. The Morgan fingerprint density at radius 2 is 1.20 bits per heavy atom. The van der Waals surface area contributed by atoms with Crippen molar-refractivity contribution in [3.8, 4) is 0 Å². The zero-order chi connectivity index (χ0) is 17.6. The number of hydrogen-bond acceptors (Lipinski definition) is 3. The van der Waals surface area contributed by atoms with Gasteiger partial charge in [-0.1, -0.05) is 36.4 Å². The molecule has 1 aliphatic rings. The van der Waals surface area contributed by atoms with Crippen LogP contribution in [-0.2, 0) is 4.79 Å². The van der Waals surface area contributed by atoms with Crippen molar-refractivity contribution in [2.75, 3.05) is 24.7 Å². The molecule has 2 aromatic rings. The Kier molecular flexibility index (Phi) is 5.34. The molecule has 128 valence electrons. The summed E-state index contributed by atoms with van der Waals surface area (Å²) in [7, 11) is 3.81. The maximum Gasteiger partial charge on any atom is 0.185 e. The number of Topliss-reactive ketones (excluding diaryl/α,β-unsaturated/α-hetero) is 1. The van der Waals surface area contributed by atoms with Crippen LogP contribution in [0.15, 0.2) is 59.7 Å².